The number of rotatable bonds is 4. The van der Waals surface area contributed by atoms with Crippen LogP contribution in [0.3, 0.4) is 0 Å². The van der Waals surface area contributed by atoms with Crippen molar-refractivity contribution in [2.75, 3.05) is 19.6 Å². The summed E-state index contributed by atoms with van der Waals surface area (Å²) in [6.07, 6.45) is 0.844. The van der Waals surface area contributed by atoms with Gasteiger partial charge in [-0.3, -0.25) is 4.90 Å². The van der Waals surface area contributed by atoms with Gasteiger partial charge in [0.05, 0.1) is 12.2 Å². The van der Waals surface area contributed by atoms with Gasteiger partial charge in [-0.25, -0.2) is 15.0 Å². The molecule has 3 aromatic rings. The molecule has 1 aliphatic heterocycles. The monoisotopic (exact) mass is 401 g/mol. The van der Waals surface area contributed by atoms with Crippen molar-refractivity contribution in [1.82, 2.24) is 24.8 Å². The van der Waals surface area contributed by atoms with Crippen LogP contribution in [0.4, 0.5) is 13.2 Å². The molecule has 152 valence electrons. The predicted octanol–water partition coefficient (Wildman–Crippen LogP) is 4.58. The minimum atomic E-state index is -4.18. The molecule has 0 radical (unpaired) electrons. The summed E-state index contributed by atoms with van der Waals surface area (Å²) < 4.78 is 38.2. The van der Waals surface area contributed by atoms with Crippen LogP contribution < -0.4 is 0 Å². The number of piperidine rings is 1. The lowest BCUT2D eigenvalue weighted by Crippen LogP contribution is -2.40. The second kappa shape index (κ2) is 7.94. The van der Waals surface area contributed by atoms with Gasteiger partial charge >= 0.3 is 6.18 Å². The fraction of sp³-hybridized carbons (Fsp3) is 0.381. The number of alkyl halides is 3. The van der Waals surface area contributed by atoms with Crippen molar-refractivity contribution >= 4 is 0 Å². The van der Waals surface area contributed by atoms with Gasteiger partial charge in [-0.2, -0.15) is 13.2 Å². The second-order valence-corrected chi connectivity index (χ2v) is 7.45. The molecule has 3 heterocycles. The Morgan fingerprint density at radius 3 is 2.52 bits per heavy atom. The zero-order valence-electron chi connectivity index (χ0n) is 16.1. The molecule has 1 aromatic carbocycles. The molecule has 0 spiro atoms. The van der Waals surface area contributed by atoms with E-state index in [0.717, 1.165) is 41.2 Å². The van der Waals surface area contributed by atoms with E-state index in [1.807, 2.05) is 37.3 Å². The summed E-state index contributed by atoms with van der Waals surface area (Å²) >= 11 is 0. The van der Waals surface area contributed by atoms with E-state index in [4.69, 9.17) is 4.98 Å². The number of hydrogen-bond acceptors (Lipinski definition) is 4. The summed E-state index contributed by atoms with van der Waals surface area (Å²) in [5.74, 6) is 1.33. The van der Waals surface area contributed by atoms with Crippen LogP contribution in [0.1, 0.15) is 30.3 Å². The third-order valence-electron chi connectivity index (χ3n) is 5.16. The molecule has 0 bridgehead atoms. The average Bonchev–Trinajstić information content (AvgIpc) is 3.09. The Morgan fingerprint density at radius 2 is 1.83 bits per heavy atom. The van der Waals surface area contributed by atoms with Crippen molar-refractivity contribution in [2.45, 2.75) is 31.9 Å². The van der Waals surface area contributed by atoms with Crippen LogP contribution in [-0.2, 0) is 0 Å². The van der Waals surface area contributed by atoms with E-state index in [0.29, 0.717) is 18.9 Å². The molecule has 8 heteroatoms. The van der Waals surface area contributed by atoms with Crippen molar-refractivity contribution in [1.29, 1.82) is 0 Å². The first-order valence-electron chi connectivity index (χ1n) is 9.62. The van der Waals surface area contributed by atoms with E-state index in [1.165, 1.54) is 4.90 Å². The number of aromatic amines is 1. The highest BCUT2D eigenvalue weighted by atomic mass is 19.4. The molecule has 1 N–H and O–H groups in total. The number of halogens is 3. The van der Waals surface area contributed by atoms with Crippen LogP contribution in [0.15, 0.2) is 42.7 Å². The van der Waals surface area contributed by atoms with Crippen LogP contribution in [-0.4, -0.2) is 50.6 Å². The van der Waals surface area contributed by atoms with Gasteiger partial charge in [-0.15, -0.1) is 0 Å². The second-order valence-electron chi connectivity index (χ2n) is 7.45. The highest BCUT2D eigenvalue weighted by Crippen LogP contribution is 2.30. The number of imidazole rings is 1. The third-order valence-corrected chi connectivity index (χ3v) is 5.16. The highest BCUT2D eigenvalue weighted by Gasteiger charge is 2.34. The zero-order chi connectivity index (χ0) is 20.4. The molecule has 1 unspecified atom stereocenters. The fourth-order valence-corrected chi connectivity index (χ4v) is 3.82. The summed E-state index contributed by atoms with van der Waals surface area (Å²) in [4.78, 5) is 18.3. The van der Waals surface area contributed by atoms with Crippen molar-refractivity contribution in [3.05, 3.63) is 54.2 Å². The number of benzene rings is 1. The standard InChI is InChI=1S/C21H22F3N5/c1-14-18(17-10-25-19(26-11-17)15-6-3-2-4-7-15)28-20(27-14)16-8-5-9-29(12-16)13-21(22,23)24/h2-4,6-7,10-11,16H,5,8-9,12-13H2,1H3,(H,27,28). The number of H-pyrrole nitrogens is 1. The molecule has 0 amide bonds. The lowest BCUT2D eigenvalue weighted by Gasteiger charge is -2.32. The Labute approximate surface area is 167 Å². The van der Waals surface area contributed by atoms with Crippen LogP contribution in [0.25, 0.3) is 22.6 Å². The van der Waals surface area contributed by atoms with Crippen molar-refractivity contribution in [3.63, 3.8) is 0 Å². The molecule has 0 saturated carbocycles. The number of hydrogen-bond donors (Lipinski definition) is 1. The molecule has 1 fully saturated rings. The van der Waals surface area contributed by atoms with Crippen molar-refractivity contribution < 1.29 is 13.2 Å². The van der Waals surface area contributed by atoms with Gasteiger partial charge in [-0.05, 0) is 26.3 Å². The lowest BCUT2D eigenvalue weighted by molar-refractivity contribution is -0.148. The van der Waals surface area contributed by atoms with Gasteiger partial charge in [0.2, 0.25) is 0 Å². The van der Waals surface area contributed by atoms with E-state index >= 15 is 0 Å². The minimum Gasteiger partial charge on any atom is -0.345 e. The Morgan fingerprint density at radius 1 is 1.10 bits per heavy atom. The molecule has 1 atom stereocenters. The number of likely N-dealkylation sites (tertiary alicyclic amines) is 1. The van der Waals surface area contributed by atoms with Gasteiger partial charge in [-0.1, -0.05) is 30.3 Å². The summed E-state index contributed by atoms with van der Waals surface area (Å²) in [5, 5.41) is 0. The number of nitrogens with zero attached hydrogens (tertiary/aromatic N) is 4. The molecule has 2 aromatic heterocycles. The summed E-state index contributed by atoms with van der Waals surface area (Å²) in [5.41, 5.74) is 3.33. The van der Waals surface area contributed by atoms with E-state index in [1.54, 1.807) is 12.4 Å². The summed E-state index contributed by atoms with van der Waals surface area (Å²) in [6.45, 7) is 1.87. The zero-order valence-corrected chi connectivity index (χ0v) is 16.1. The Balaban J connectivity index is 1.52. The lowest BCUT2D eigenvalue weighted by atomic mass is 9.97. The van der Waals surface area contributed by atoms with Gasteiger partial charge in [0.15, 0.2) is 5.82 Å². The topological polar surface area (TPSA) is 57.7 Å². The Hall–Kier alpha value is -2.74. The normalized spacial score (nSPS) is 18.1. The molecule has 29 heavy (non-hydrogen) atoms. The largest absolute Gasteiger partial charge is 0.401 e. The quantitative estimate of drug-likeness (QED) is 0.695. The van der Waals surface area contributed by atoms with Gasteiger partial charge < -0.3 is 4.98 Å². The maximum atomic E-state index is 12.7. The van der Waals surface area contributed by atoms with Crippen LogP contribution in [0, 0.1) is 6.92 Å². The van der Waals surface area contributed by atoms with Crippen molar-refractivity contribution in [3.8, 4) is 22.6 Å². The van der Waals surface area contributed by atoms with Crippen molar-refractivity contribution in [2.24, 2.45) is 0 Å². The first kappa shape index (κ1) is 19.6. The van der Waals surface area contributed by atoms with Gasteiger partial charge in [0.1, 0.15) is 5.82 Å². The molecule has 4 rings (SSSR count). The Bertz CT molecular complexity index is 951. The molecular weight excluding hydrogens is 379 g/mol. The first-order valence-corrected chi connectivity index (χ1v) is 9.62. The minimum absolute atomic E-state index is 0.0388. The summed E-state index contributed by atoms with van der Waals surface area (Å²) in [6, 6.07) is 9.70. The smallest absolute Gasteiger partial charge is 0.345 e. The van der Waals surface area contributed by atoms with Gasteiger partial charge in [0, 0.05) is 41.7 Å². The number of aryl methyl sites for hydroxylation is 1. The molecular formula is C21H22F3N5. The molecule has 1 saturated heterocycles. The maximum absolute atomic E-state index is 12.7. The van der Waals surface area contributed by atoms with E-state index in [9.17, 15) is 13.2 Å². The fourth-order valence-electron chi connectivity index (χ4n) is 3.82. The number of nitrogens with one attached hydrogen (secondary N) is 1. The van der Waals surface area contributed by atoms with Gasteiger partial charge in [0.25, 0.3) is 0 Å². The summed E-state index contributed by atoms with van der Waals surface area (Å²) in [7, 11) is 0. The molecule has 5 nitrogen and oxygen atoms in total. The Kier molecular flexibility index (Phi) is 5.36. The van der Waals surface area contributed by atoms with Crippen LogP contribution >= 0.6 is 0 Å². The SMILES string of the molecule is Cc1[nH]c(C2CCCN(CC(F)(F)F)C2)nc1-c1cnc(-c2ccccc2)nc1. The third kappa shape index (κ3) is 4.64. The van der Waals surface area contributed by atoms with Crippen LogP contribution in [0.5, 0.6) is 0 Å². The van der Waals surface area contributed by atoms with E-state index in [-0.39, 0.29) is 5.92 Å². The number of aromatic nitrogens is 4. The molecule has 1 aliphatic rings. The first-order chi connectivity index (χ1) is 13.9. The maximum Gasteiger partial charge on any atom is 0.401 e. The van der Waals surface area contributed by atoms with E-state index in [2.05, 4.69) is 15.0 Å². The highest BCUT2D eigenvalue weighted by molar-refractivity contribution is 5.62. The average molecular weight is 401 g/mol. The molecule has 0 aliphatic carbocycles. The predicted molar refractivity (Wildman–Crippen MR) is 104 cm³/mol. The van der Waals surface area contributed by atoms with Crippen LogP contribution in [0.2, 0.25) is 0 Å². The van der Waals surface area contributed by atoms with E-state index < -0.39 is 12.7 Å².